The van der Waals surface area contributed by atoms with E-state index in [1.54, 1.807) is 0 Å². The molecule has 0 spiro atoms. The Kier molecular flexibility index (Phi) is 9.11. The first-order valence-electron chi connectivity index (χ1n) is 18.5. The van der Waals surface area contributed by atoms with Gasteiger partial charge in [0.1, 0.15) is 0 Å². The summed E-state index contributed by atoms with van der Waals surface area (Å²) in [5.41, 5.74) is 26.5. The van der Waals surface area contributed by atoms with Crippen molar-refractivity contribution in [3.05, 3.63) is 0 Å². The van der Waals surface area contributed by atoms with Gasteiger partial charge in [-0.15, -0.1) is 0 Å². The van der Waals surface area contributed by atoms with Crippen molar-refractivity contribution in [1.29, 1.82) is 0 Å². The molecule has 4 aliphatic carbocycles. The maximum Gasteiger partial charge on any atom is 0.0629 e. The first-order valence-corrected chi connectivity index (χ1v) is 18.5. The van der Waals surface area contributed by atoms with Crippen molar-refractivity contribution in [1.82, 2.24) is 42.5 Å². The summed E-state index contributed by atoms with van der Waals surface area (Å²) in [6.45, 7) is 0. The number of nitrogens with two attached hydrogens (primary N) is 4. The van der Waals surface area contributed by atoms with E-state index in [9.17, 15) is 0 Å². The minimum absolute atomic E-state index is 0. The standard InChI is InChI=1S/C32H60N12.Ni/c33-13-1-5-17-21(9-13)29-38-25(17)37-26-18-6-2-15(35)11-23(18)31(39-26)44-32-24-12-16(36)4-8-20(24)28(43-32)42-30-22-10-14(34)3-7-19(22)27(40-29)41-30;/h13-32,37-44H,1-12,33-36H2;. The Morgan fingerprint density at radius 1 is 0.267 bits per heavy atom. The van der Waals surface area contributed by atoms with Gasteiger partial charge in [0, 0.05) is 40.7 Å². The molecule has 0 aromatic carbocycles. The fourth-order valence-corrected chi connectivity index (χ4v) is 12.1. The Balaban J connectivity index is 0.00000300. The van der Waals surface area contributed by atoms with Gasteiger partial charge >= 0.3 is 0 Å². The van der Waals surface area contributed by atoms with E-state index in [-0.39, 0.29) is 83.9 Å². The molecule has 20 unspecified atom stereocenters. The Hall–Kier alpha value is 0.0135. The summed E-state index contributed by atoms with van der Waals surface area (Å²) in [7, 11) is 0. The van der Waals surface area contributed by atoms with Crippen LogP contribution in [-0.2, 0) is 16.5 Å². The molecule has 16 N–H and O–H groups in total. The van der Waals surface area contributed by atoms with Crippen LogP contribution < -0.4 is 65.5 Å². The molecule has 12 nitrogen and oxygen atoms in total. The summed E-state index contributed by atoms with van der Waals surface area (Å²) in [6.07, 6.45) is 15.5. The van der Waals surface area contributed by atoms with Crippen molar-refractivity contribution in [2.24, 2.45) is 70.3 Å². The molecule has 8 bridgehead atoms. The van der Waals surface area contributed by atoms with Crippen molar-refractivity contribution in [3.8, 4) is 0 Å². The van der Waals surface area contributed by atoms with E-state index in [0.29, 0.717) is 53.4 Å². The van der Waals surface area contributed by atoms with Crippen molar-refractivity contribution in [3.63, 3.8) is 0 Å². The van der Waals surface area contributed by atoms with Gasteiger partial charge in [0.15, 0.2) is 0 Å². The normalized spacial score (nSPS) is 58.9. The van der Waals surface area contributed by atoms with Gasteiger partial charge in [0.25, 0.3) is 0 Å². The van der Waals surface area contributed by atoms with Gasteiger partial charge in [-0.25, -0.2) is 0 Å². The molecule has 0 aromatic heterocycles. The molecule has 5 heterocycles. The number of hydrogen-bond donors (Lipinski definition) is 12. The Morgan fingerprint density at radius 3 is 0.644 bits per heavy atom. The molecule has 4 saturated carbocycles. The van der Waals surface area contributed by atoms with Gasteiger partial charge in [-0.3, -0.25) is 42.5 Å². The van der Waals surface area contributed by atoms with Crippen LogP contribution in [0.4, 0.5) is 0 Å². The van der Waals surface area contributed by atoms with Crippen LogP contribution in [0.5, 0.6) is 0 Å². The molecule has 258 valence electrons. The Morgan fingerprint density at radius 2 is 0.444 bits per heavy atom. The van der Waals surface area contributed by atoms with Crippen molar-refractivity contribution >= 4 is 0 Å². The minimum Gasteiger partial charge on any atom is -0.328 e. The summed E-state index contributed by atoms with van der Waals surface area (Å²) >= 11 is 0. The van der Waals surface area contributed by atoms with Gasteiger partial charge in [0.2, 0.25) is 0 Å². The molecule has 0 radical (unpaired) electrons. The third-order valence-electron chi connectivity index (χ3n) is 14.3. The topological polar surface area (TPSA) is 200 Å². The zero-order valence-electron chi connectivity index (χ0n) is 26.7. The largest absolute Gasteiger partial charge is 0.328 e. The molecule has 5 saturated heterocycles. The fourth-order valence-electron chi connectivity index (χ4n) is 12.1. The summed E-state index contributed by atoms with van der Waals surface area (Å²) in [6, 6.07) is 1.16. The van der Waals surface area contributed by atoms with Gasteiger partial charge < -0.3 is 22.9 Å². The molecule has 0 amide bonds. The zero-order valence-corrected chi connectivity index (χ0v) is 27.6. The van der Waals surface area contributed by atoms with E-state index in [1.165, 1.54) is 25.7 Å². The van der Waals surface area contributed by atoms with E-state index >= 15 is 0 Å². The second-order valence-corrected chi connectivity index (χ2v) is 16.8. The van der Waals surface area contributed by atoms with Crippen LogP contribution in [0.15, 0.2) is 0 Å². The van der Waals surface area contributed by atoms with Crippen LogP contribution in [0.3, 0.4) is 0 Å². The molecule has 13 heteroatoms. The van der Waals surface area contributed by atoms with E-state index in [1.807, 2.05) is 0 Å². The Bertz CT molecular complexity index is 1060. The van der Waals surface area contributed by atoms with Crippen molar-refractivity contribution < 1.29 is 16.5 Å². The Labute approximate surface area is 279 Å². The average molecular weight is 672 g/mol. The predicted molar refractivity (Wildman–Crippen MR) is 171 cm³/mol. The smallest absolute Gasteiger partial charge is 0.0629 e. The summed E-state index contributed by atoms with van der Waals surface area (Å²) in [5.74, 6) is 4.37. The number of fused-ring (bicyclic) bond motifs is 20. The molecule has 45 heavy (non-hydrogen) atoms. The van der Waals surface area contributed by atoms with E-state index in [4.69, 9.17) is 22.9 Å². The third kappa shape index (κ3) is 5.77. The maximum absolute atomic E-state index is 6.63. The SMILES string of the molecule is NC1CCC2C3NC4NC(NC5NC(NC6NC(NC(N3)C2C1)C1CCC(N)CC61)C1CCC(N)CC51)C1CC(N)CCC41.[Ni]. The number of nitrogens with one attached hydrogen (secondary N) is 8. The van der Waals surface area contributed by atoms with E-state index in [0.717, 1.165) is 51.4 Å². The average Bonchev–Trinajstić information content (AvgIpc) is 3.71. The molecule has 9 rings (SSSR count). The van der Waals surface area contributed by atoms with E-state index in [2.05, 4.69) is 42.5 Å². The zero-order chi connectivity index (χ0) is 29.7. The summed E-state index contributed by atoms with van der Waals surface area (Å²) in [5, 5.41) is 33.1. The summed E-state index contributed by atoms with van der Waals surface area (Å²) < 4.78 is 0. The van der Waals surface area contributed by atoms with E-state index < -0.39 is 0 Å². The summed E-state index contributed by atoms with van der Waals surface area (Å²) in [4.78, 5) is 0. The molecule has 5 aliphatic heterocycles. The van der Waals surface area contributed by atoms with Crippen LogP contribution in [0.2, 0.25) is 0 Å². The van der Waals surface area contributed by atoms with Crippen LogP contribution in [-0.4, -0.2) is 73.5 Å². The molecule has 20 atom stereocenters. The molecule has 9 aliphatic rings. The first kappa shape index (κ1) is 32.2. The number of rotatable bonds is 0. The number of hydrogen-bond acceptors (Lipinski definition) is 12. The third-order valence-corrected chi connectivity index (χ3v) is 14.3. The van der Waals surface area contributed by atoms with Crippen LogP contribution in [0, 0.1) is 47.3 Å². The van der Waals surface area contributed by atoms with Gasteiger partial charge in [-0.2, -0.15) is 0 Å². The van der Waals surface area contributed by atoms with Gasteiger partial charge in [0.05, 0.1) is 49.3 Å². The van der Waals surface area contributed by atoms with Crippen LogP contribution in [0.25, 0.3) is 0 Å². The second kappa shape index (κ2) is 12.7. The van der Waals surface area contributed by atoms with Crippen LogP contribution in [0.1, 0.15) is 77.0 Å². The quantitative estimate of drug-likeness (QED) is 0.131. The first-order chi connectivity index (χ1) is 21.4. The van der Waals surface area contributed by atoms with Crippen LogP contribution >= 0.6 is 0 Å². The minimum atomic E-state index is 0. The molecular formula is C32H60N12Ni. The molecule has 0 aromatic rings. The maximum atomic E-state index is 6.63. The second-order valence-electron chi connectivity index (χ2n) is 16.8. The predicted octanol–water partition coefficient (Wildman–Crippen LogP) is -1.65. The monoisotopic (exact) mass is 670 g/mol. The van der Waals surface area contributed by atoms with Gasteiger partial charge in [-0.05, 0) is 124 Å². The molecule has 9 fully saturated rings. The van der Waals surface area contributed by atoms with Gasteiger partial charge in [-0.1, -0.05) is 0 Å². The fraction of sp³-hybridized carbons (Fsp3) is 1.00. The molecular weight excluding hydrogens is 611 g/mol. The van der Waals surface area contributed by atoms with Crippen molar-refractivity contribution in [2.45, 2.75) is 151 Å². The van der Waals surface area contributed by atoms with Crippen molar-refractivity contribution in [2.75, 3.05) is 0 Å².